The van der Waals surface area contributed by atoms with Crippen LogP contribution < -0.4 is 15.0 Å². The van der Waals surface area contributed by atoms with Gasteiger partial charge in [-0.2, -0.15) is 0 Å². The third-order valence-electron chi connectivity index (χ3n) is 6.19. The lowest BCUT2D eigenvalue weighted by Gasteiger charge is -2.16. The summed E-state index contributed by atoms with van der Waals surface area (Å²) < 4.78 is 5.52. The molecule has 0 atom stereocenters. The number of fused-ring (bicyclic) bond motifs is 1. The van der Waals surface area contributed by atoms with Crippen molar-refractivity contribution in [2.24, 2.45) is 0 Å². The minimum Gasteiger partial charge on any atom is -0.494 e. The van der Waals surface area contributed by atoms with E-state index < -0.39 is 0 Å². The van der Waals surface area contributed by atoms with Crippen molar-refractivity contribution in [3.63, 3.8) is 0 Å². The van der Waals surface area contributed by atoms with Crippen LogP contribution >= 0.6 is 0 Å². The normalized spacial score (nSPS) is 13.6. The zero-order valence-corrected chi connectivity index (χ0v) is 20.0. The minimum atomic E-state index is -0.387. The third-order valence-corrected chi connectivity index (χ3v) is 6.19. The topological polar surface area (TPSA) is 58.6 Å². The SMILES string of the molecule is CCOc1ccc(N2C(=O)C(Nc3cccc4ccccc34)=C(c3ccc(C)cc3C)C2=O)cc1. The first kappa shape index (κ1) is 22.4. The summed E-state index contributed by atoms with van der Waals surface area (Å²) in [4.78, 5) is 28.8. The van der Waals surface area contributed by atoms with Crippen LogP contribution in [0.1, 0.15) is 23.6 Å². The predicted molar refractivity (Wildman–Crippen MR) is 141 cm³/mol. The number of rotatable bonds is 6. The van der Waals surface area contributed by atoms with Gasteiger partial charge < -0.3 is 10.1 Å². The molecule has 4 aromatic carbocycles. The molecule has 174 valence electrons. The van der Waals surface area contributed by atoms with Crippen LogP contribution in [0, 0.1) is 13.8 Å². The lowest BCUT2D eigenvalue weighted by atomic mass is 9.97. The Morgan fingerprint density at radius 3 is 2.31 bits per heavy atom. The highest BCUT2D eigenvalue weighted by atomic mass is 16.5. The first-order valence-electron chi connectivity index (χ1n) is 11.7. The van der Waals surface area contributed by atoms with Gasteiger partial charge >= 0.3 is 0 Å². The van der Waals surface area contributed by atoms with Crippen molar-refractivity contribution in [3.8, 4) is 5.75 Å². The molecule has 0 saturated heterocycles. The molecule has 35 heavy (non-hydrogen) atoms. The summed E-state index contributed by atoms with van der Waals surface area (Å²) in [7, 11) is 0. The molecule has 4 aromatic rings. The van der Waals surface area contributed by atoms with E-state index in [4.69, 9.17) is 4.74 Å². The minimum absolute atomic E-state index is 0.271. The summed E-state index contributed by atoms with van der Waals surface area (Å²) >= 11 is 0. The molecule has 0 bridgehead atoms. The van der Waals surface area contributed by atoms with Crippen LogP contribution in [0.2, 0.25) is 0 Å². The van der Waals surface area contributed by atoms with Crippen molar-refractivity contribution in [3.05, 3.63) is 107 Å². The lowest BCUT2D eigenvalue weighted by Crippen LogP contribution is -2.32. The molecule has 1 N–H and O–H groups in total. The first-order valence-corrected chi connectivity index (χ1v) is 11.7. The predicted octanol–water partition coefficient (Wildman–Crippen LogP) is 6.25. The molecular weight excluding hydrogens is 436 g/mol. The average Bonchev–Trinajstić information content (AvgIpc) is 3.09. The van der Waals surface area contributed by atoms with Gasteiger partial charge in [0, 0.05) is 11.1 Å². The van der Waals surface area contributed by atoms with Crippen LogP contribution in [0.5, 0.6) is 5.75 Å². The summed E-state index contributed by atoms with van der Waals surface area (Å²) in [6.45, 7) is 6.42. The highest BCUT2D eigenvalue weighted by Crippen LogP contribution is 2.36. The number of hydrogen-bond acceptors (Lipinski definition) is 4. The third kappa shape index (κ3) is 4.06. The van der Waals surface area contributed by atoms with Crippen molar-refractivity contribution < 1.29 is 14.3 Å². The highest BCUT2D eigenvalue weighted by molar-refractivity contribution is 6.46. The number of hydrogen-bond donors (Lipinski definition) is 1. The van der Waals surface area contributed by atoms with Crippen LogP contribution in [-0.4, -0.2) is 18.4 Å². The molecule has 2 amide bonds. The number of benzene rings is 4. The number of nitrogens with zero attached hydrogens (tertiary/aromatic N) is 1. The first-order chi connectivity index (χ1) is 17.0. The van der Waals surface area contributed by atoms with Crippen LogP contribution in [0.4, 0.5) is 11.4 Å². The van der Waals surface area contributed by atoms with E-state index in [1.54, 1.807) is 24.3 Å². The van der Waals surface area contributed by atoms with E-state index in [2.05, 4.69) is 5.32 Å². The van der Waals surface area contributed by atoms with Crippen molar-refractivity contribution in [1.29, 1.82) is 0 Å². The zero-order valence-electron chi connectivity index (χ0n) is 20.0. The number of ether oxygens (including phenoxy) is 1. The van der Waals surface area contributed by atoms with Crippen molar-refractivity contribution in [2.75, 3.05) is 16.8 Å². The Kier molecular flexibility index (Phi) is 5.83. The van der Waals surface area contributed by atoms with E-state index in [0.29, 0.717) is 23.6 Å². The Morgan fingerprint density at radius 2 is 1.57 bits per heavy atom. The summed E-state index contributed by atoms with van der Waals surface area (Å²) in [5, 5.41) is 5.35. The second-order valence-corrected chi connectivity index (χ2v) is 8.59. The van der Waals surface area contributed by atoms with Gasteiger partial charge in [-0.1, -0.05) is 60.2 Å². The molecule has 5 heteroatoms. The molecule has 5 nitrogen and oxygen atoms in total. The van der Waals surface area contributed by atoms with Gasteiger partial charge in [-0.05, 0) is 67.6 Å². The van der Waals surface area contributed by atoms with E-state index in [1.165, 1.54) is 4.90 Å². The van der Waals surface area contributed by atoms with Crippen molar-refractivity contribution in [1.82, 2.24) is 0 Å². The van der Waals surface area contributed by atoms with Gasteiger partial charge in [0.2, 0.25) is 0 Å². The Bertz CT molecular complexity index is 1480. The monoisotopic (exact) mass is 462 g/mol. The van der Waals surface area contributed by atoms with Gasteiger partial charge in [-0.25, -0.2) is 4.90 Å². The van der Waals surface area contributed by atoms with Crippen LogP contribution in [0.15, 0.2) is 90.6 Å². The average molecular weight is 463 g/mol. The van der Waals surface area contributed by atoms with Gasteiger partial charge in [0.15, 0.2) is 0 Å². The van der Waals surface area contributed by atoms with Crippen LogP contribution in [-0.2, 0) is 9.59 Å². The number of aryl methyl sites for hydroxylation is 2. The second-order valence-electron chi connectivity index (χ2n) is 8.59. The molecule has 0 spiro atoms. The van der Waals surface area contributed by atoms with E-state index in [0.717, 1.165) is 33.2 Å². The van der Waals surface area contributed by atoms with Gasteiger partial charge in [0.25, 0.3) is 11.8 Å². The molecule has 0 unspecified atom stereocenters. The molecule has 0 radical (unpaired) electrons. The Hall–Kier alpha value is -4.38. The largest absolute Gasteiger partial charge is 0.494 e. The standard InChI is InChI=1S/C30H26N2O3/c1-4-35-23-15-13-22(14-16-23)32-29(33)27(24-17-12-19(2)18-20(24)3)28(30(32)34)31-26-11-7-9-21-8-5-6-10-25(21)26/h5-18,31H,4H2,1-3H3. The number of carbonyl (C=O) groups excluding carboxylic acids is 2. The quantitative estimate of drug-likeness (QED) is 0.344. The Balaban J connectivity index is 1.64. The fourth-order valence-corrected chi connectivity index (χ4v) is 4.55. The molecule has 0 aliphatic carbocycles. The van der Waals surface area contributed by atoms with Crippen molar-refractivity contribution >= 4 is 39.5 Å². The van der Waals surface area contributed by atoms with E-state index in [1.807, 2.05) is 81.4 Å². The maximum absolute atomic E-state index is 13.8. The molecule has 1 aliphatic rings. The van der Waals surface area contributed by atoms with E-state index in [9.17, 15) is 9.59 Å². The molecule has 0 saturated carbocycles. The van der Waals surface area contributed by atoms with Crippen molar-refractivity contribution in [2.45, 2.75) is 20.8 Å². The Labute approximate surface area is 204 Å². The molecule has 0 fully saturated rings. The number of carbonyl (C=O) groups is 2. The van der Waals surface area contributed by atoms with E-state index in [-0.39, 0.29) is 17.5 Å². The molecule has 5 rings (SSSR count). The summed E-state index contributed by atoms with van der Waals surface area (Å²) in [6, 6.07) is 26.8. The lowest BCUT2D eigenvalue weighted by molar-refractivity contribution is -0.120. The van der Waals surface area contributed by atoms with Gasteiger partial charge in [0.1, 0.15) is 11.4 Å². The van der Waals surface area contributed by atoms with Gasteiger partial charge in [-0.3, -0.25) is 9.59 Å². The number of anilines is 2. The van der Waals surface area contributed by atoms with Crippen LogP contribution in [0.3, 0.4) is 0 Å². The summed E-state index contributed by atoms with van der Waals surface area (Å²) in [6.07, 6.45) is 0. The van der Waals surface area contributed by atoms with E-state index >= 15 is 0 Å². The highest BCUT2D eigenvalue weighted by Gasteiger charge is 2.40. The number of imide groups is 1. The Morgan fingerprint density at radius 1 is 0.829 bits per heavy atom. The maximum Gasteiger partial charge on any atom is 0.282 e. The van der Waals surface area contributed by atoms with Crippen LogP contribution in [0.25, 0.3) is 16.3 Å². The smallest absolute Gasteiger partial charge is 0.282 e. The number of nitrogens with one attached hydrogen (secondary N) is 1. The molecule has 1 heterocycles. The number of amides is 2. The molecule has 1 aliphatic heterocycles. The molecule has 0 aromatic heterocycles. The fraction of sp³-hybridized carbons (Fsp3) is 0.133. The molecular formula is C30H26N2O3. The van der Waals surface area contributed by atoms with Gasteiger partial charge in [-0.15, -0.1) is 0 Å². The summed E-state index contributed by atoms with van der Waals surface area (Å²) in [5.41, 5.74) is 4.68. The fourth-order valence-electron chi connectivity index (χ4n) is 4.55. The van der Waals surface area contributed by atoms with Gasteiger partial charge in [0.05, 0.1) is 17.9 Å². The zero-order chi connectivity index (χ0) is 24.5. The summed E-state index contributed by atoms with van der Waals surface area (Å²) in [5.74, 6) is -0.0528. The maximum atomic E-state index is 13.8. The second kappa shape index (κ2) is 9.11.